The number of nitrogens with zero attached hydrogens (tertiary/aromatic N) is 2. The Morgan fingerprint density at radius 3 is 2.89 bits per heavy atom. The maximum absolute atomic E-state index is 10.9. The van der Waals surface area contributed by atoms with Crippen LogP contribution in [0.2, 0.25) is 0 Å². The smallest absolute Gasteiger partial charge is 0.226 e. The van der Waals surface area contributed by atoms with Crippen LogP contribution in [0.25, 0.3) is 0 Å². The molecule has 1 amide bonds. The summed E-state index contributed by atoms with van der Waals surface area (Å²) < 4.78 is 0. The summed E-state index contributed by atoms with van der Waals surface area (Å²) in [6.45, 7) is 2.09. The Morgan fingerprint density at radius 2 is 2.28 bits per heavy atom. The third-order valence-electron chi connectivity index (χ3n) is 3.44. The molecule has 0 spiro atoms. The molecule has 1 aliphatic rings. The van der Waals surface area contributed by atoms with Crippen LogP contribution in [0.5, 0.6) is 0 Å². The van der Waals surface area contributed by atoms with Crippen LogP contribution in [0.15, 0.2) is 24.3 Å². The average molecular weight is 246 g/mol. The van der Waals surface area contributed by atoms with Crippen LogP contribution in [0.4, 0.5) is 5.69 Å². The number of rotatable bonds is 4. The topological polar surface area (TPSA) is 49.6 Å². The van der Waals surface area contributed by atoms with Gasteiger partial charge in [0.15, 0.2) is 0 Å². The number of primary amides is 1. The van der Waals surface area contributed by atoms with E-state index in [1.165, 1.54) is 12.8 Å². The molecule has 0 aliphatic carbocycles. The van der Waals surface area contributed by atoms with Gasteiger partial charge in [-0.1, -0.05) is 12.1 Å². The quantitative estimate of drug-likeness (QED) is 0.857. The fraction of sp³-hybridized carbons (Fsp3) is 0.429. The van der Waals surface area contributed by atoms with E-state index in [0.29, 0.717) is 6.04 Å². The maximum Gasteiger partial charge on any atom is 0.226 e. The summed E-state index contributed by atoms with van der Waals surface area (Å²) in [5, 5.41) is 0. The van der Waals surface area contributed by atoms with Crippen molar-refractivity contribution in [3.05, 3.63) is 36.2 Å². The Kier molecular flexibility index (Phi) is 3.87. The number of benzene rings is 1. The number of carbonyl (C=O) groups excluding carboxylic acids is 1. The minimum absolute atomic E-state index is 0.403. The highest BCUT2D eigenvalue weighted by Crippen LogP contribution is 2.23. The van der Waals surface area contributed by atoms with Gasteiger partial charge >= 0.3 is 0 Å². The summed E-state index contributed by atoms with van der Waals surface area (Å²) >= 11 is 0. The van der Waals surface area contributed by atoms with Gasteiger partial charge in [0.1, 0.15) is 0 Å². The van der Waals surface area contributed by atoms with E-state index in [9.17, 15) is 4.79 Å². The second-order valence-corrected chi connectivity index (χ2v) is 4.99. The zero-order valence-electron chi connectivity index (χ0n) is 11.0. The number of likely N-dealkylation sites (N-methyl/N-ethyl adjacent to an activating group) is 1. The summed E-state index contributed by atoms with van der Waals surface area (Å²) in [6.07, 6.45) is 2.64. The van der Waals surface area contributed by atoms with E-state index in [1.54, 1.807) is 0 Å². The van der Waals surface area contributed by atoms with Crippen LogP contribution in [0.3, 0.4) is 0 Å². The highest BCUT2D eigenvalue weighted by Gasteiger charge is 2.24. The Balaban J connectivity index is 2.07. The van der Waals surface area contributed by atoms with Gasteiger partial charge in [0.25, 0.3) is 0 Å². The van der Waals surface area contributed by atoms with Crippen LogP contribution < -0.4 is 10.6 Å². The first-order chi connectivity index (χ1) is 8.56. The lowest BCUT2D eigenvalue weighted by molar-refractivity contribution is -0.114. The van der Waals surface area contributed by atoms with Crippen molar-refractivity contribution >= 4 is 11.6 Å². The third-order valence-corrected chi connectivity index (χ3v) is 3.44. The molecule has 97 valence electrons. The molecule has 1 aromatic rings. The third kappa shape index (κ3) is 3.01. The zero-order chi connectivity index (χ0) is 13.1. The number of carbonyl (C=O) groups is 1. The van der Waals surface area contributed by atoms with Crippen molar-refractivity contribution < 1.29 is 4.79 Å². The molecule has 2 rings (SSSR count). The SMILES string of the molecule is CN(C)C1CCN(c2cccc([CH]C(N)=O)c2)C1. The number of hydrogen-bond acceptors (Lipinski definition) is 3. The van der Waals surface area contributed by atoms with Gasteiger partial charge in [-0.3, -0.25) is 4.79 Å². The summed E-state index contributed by atoms with van der Waals surface area (Å²) in [7, 11) is 4.23. The molecule has 1 aliphatic heterocycles. The van der Waals surface area contributed by atoms with Crippen LogP contribution in [-0.4, -0.2) is 44.0 Å². The van der Waals surface area contributed by atoms with Gasteiger partial charge in [0.05, 0.1) is 6.42 Å². The van der Waals surface area contributed by atoms with Crippen LogP contribution in [0.1, 0.15) is 12.0 Å². The zero-order valence-corrected chi connectivity index (χ0v) is 11.0. The molecule has 1 heterocycles. The molecule has 1 fully saturated rings. The van der Waals surface area contributed by atoms with Gasteiger partial charge in [0, 0.05) is 24.8 Å². The van der Waals surface area contributed by atoms with Gasteiger partial charge < -0.3 is 15.5 Å². The monoisotopic (exact) mass is 246 g/mol. The lowest BCUT2D eigenvalue weighted by Gasteiger charge is -2.22. The molecule has 1 atom stereocenters. The summed E-state index contributed by atoms with van der Waals surface area (Å²) in [4.78, 5) is 15.5. The van der Waals surface area contributed by atoms with Gasteiger partial charge in [0.2, 0.25) is 5.91 Å². The van der Waals surface area contributed by atoms with Gasteiger partial charge in [-0.05, 0) is 38.2 Å². The van der Waals surface area contributed by atoms with Crippen molar-refractivity contribution in [1.82, 2.24) is 4.90 Å². The molecule has 4 nitrogen and oxygen atoms in total. The molecule has 1 saturated heterocycles. The Bertz CT molecular complexity index is 431. The normalized spacial score (nSPS) is 19.5. The van der Waals surface area contributed by atoms with Gasteiger partial charge in [-0.2, -0.15) is 0 Å². The molecule has 18 heavy (non-hydrogen) atoms. The van der Waals surface area contributed by atoms with Gasteiger partial charge in [-0.25, -0.2) is 0 Å². The number of amides is 1. The molecule has 1 aromatic carbocycles. The standard InChI is InChI=1S/C14H20N3O/c1-16(2)13-6-7-17(10-13)12-5-3-4-11(8-12)9-14(15)18/h3-5,8-9,13H,6-7,10H2,1-2H3,(H2,15,18). The molecule has 0 bridgehead atoms. The van der Waals surface area contributed by atoms with E-state index in [-0.39, 0.29) is 0 Å². The molecular formula is C14H20N3O. The van der Waals surface area contributed by atoms with E-state index >= 15 is 0 Å². The molecule has 2 N–H and O–H groups in total. The van der Waals surface area contributed by atoms with Crippen molar-refractivity contribution in [2.75, 3.05) is 32.1 Å². The molecule has 4 heteroatoms. The summed E-state index contributed by atoms with van der Waals surface area (Å²) in [5.41, 5.74) is 7.21. The van der Waals surface area contributed by atoms with E-state index in [2.05, 4.69) is 30.0 Å². The van der Waals surface area contributed by atoms with Crippen molar-refractivity contribution in [3.8, 4) is 0 Å². The first-order valence-corrected chi connectivity index (χ1v) is 6.22. The van der Waals surface area contributed by atoms with E-state index in [1.807, 2.05) is 18.2 Å². The van der Waals surface area contributed by atoms with Crippen molar-refractivity contribution in [1.29, 1.82) is 0 Å². The van der Waals surface area contributed by atoms with Gasteiger partial charge in [-0.15, -0.1) is 0 Å². The summed E-state index contributed by atoms with van der Waals surface area (Å²) in [6, 6.07) is 8.56. The highest BCUT2D eigenvalue weighted by atomic mass is 16.1. The predicted molar refractivity (Wildman–Crippen MR) is 73.3 cm³/mol. The highest BCUT2D eigenvalue weighted by molar-refractivity contribution is 5.87. The first-order valence-electron chi connectivity index (χ1n) is 6.22. The molecular weight excluding hydrogens is 226 g/mol. The maximum atomic E-state index is 10.9. The molecule has 0 saturated carbocycles. The minimum Gasteiger partial charge on any atom is -0.370 e. The molecule has 1 unspecified atom stereocenters. The lowest BCUT2D eigenvalue weighted by Crippen LogP contribution is -2.31. The predicted octanol–water partition coefficient (Wildman–Crippen LogP) is 0.865. The number of hydrogen-bond donors (Lipinski definition) is 1. The first kappa shape index (κ1) is 12.9. The largest absolute Gasteiger partial charge is 0.370 e. The molecule has 0 aromatic heterocycles. The minimum atomic E-state index is -0.403. The lowest BCUT2D eigenvalue weighted by atomic mass is 10.1. The van der Waals surface area contributed by atoms with Crippen LogP contribution >= 0.6 is 0 Å². The Morgan fingerprint density at radius 1 is 1.50 bits per heavy atom. The summed E-state index contributed by atoms with van der Waals surface area (Å²) in [5.74, 6) is -0.403. The Labute approximate surface area is 108 Å². The van der Waals surface area contributed by atoms with Crippen LogP contribution in [-0.2, 0) is 4.79 Å². The van der Waals surface area contributed by atoms with Crippen molar-refractivity contribution in [2.24, 2.45) is 5.73 Å². The Hall–Kier alpha value is -1.55. The van der Waals surface area contributed by atoms with Crippen molar-refractivity contribution in [2.45, 2.75) is 12.5 Å². The van der Waals surface area contributed by atoms with Crippen LogP contribution in [0, 0.1) is 6.42 Å². The van der Waals surface area contributed by atoms with E-state index in [4.69, 9.17) is 5.73 Å². The average Bonchev–Trinajstić information content (AvgIpc) is 2.77. The fourth-order valence-corrected chi connectivity index (χ4v) is 2.37. The van der Waals surface area contributed by atoms with E-state index < -0.39 is 5.91 Å². The number of nitrogens with two attached hydrogens (primary N) is 1. The van der Waals surface area contributed by atoms with E-state index in [0.717, 1.165) is 24.3 Å². The number of anilines is 1. The molecule has 1 radical (unpaired) electrons. The second-order valence-electron chi connectivity index (χ2n) is 4.99. The second kappa shape index (κ2) is 5.40. The fourth-order valence-electron chi connectivity index (χ4n) is 2.37. The van der Waals surface area contributed by atoms with Crippen molar-refractivity contribution in [3.63, 3.8) is 0 Å².